The summed E-state index contributed by atoms with van der Waals surface area (Å²) in [5.74, 6) is 1.15. The van der Waals surface area contributed by atoms with Gasteiger partial charge in [-0.2, -0.15) is 5.10 Å². The van der Waals surface area contributed by atoms with Gasteiger partial charge in [0.05, 0.1) is 18.8 Å². The second-order valence-corrected chi connectivity index (χ2v) is 5.77. The Hall–Kier alpha value is -2.47. The number of nitrogens with one attached hydrogen (secondary N) is 1. The number of aromatic nitrogens is 4. The van der Waals surface area contributed by atoms with Crippen LogP contribution in [0.15, 0.2) is 41.1 Å². The Labute approximate surface area is 135 Å². The van der Waals surface area contributed by atoms with Crippen LogP contribution < -0.4 is 5.32 Å². The second-order valence-electron chi connectivity index (χ2n) is 5.77. The smallest absolute Gasteiger partial charge is 0.247 e. The molecule has 3 rings (SSSR count). The lowest BCUT2D eigenvalue weighted by molar-refractivity contribution is 0.411. The average Bonchev–Trinajstić information content (AvgIpc) is 3.16. The summed E-state index contributed by atoms with van der Waals surface area (Å²) in [5, 5.41) is 15.9. The SMILES string of the molecule is Cc1cccc(-c2nnc(C(C)NCCn3cc(C)cn3)o2)c1. The van der Waals surface area contributed by atoms with E-state index in [2.05, 4.69) is 20.6 Å². The molecule has 0 saturated heterocycles. The van der Waals surface area contributed by atoms with Crippen LogP contribution in [0.2, 0.25) is 0 Å². The Balaban J connectivity index is 1.58. The minimum Gasteiger partial charge on any atom is -0.419 e. The highest BCUT2D eigenvalue weighted by Crippen LogP contribution is 2.21. The number of hydrogen-bond acceptors (Lipinski definition) is 5. The van der Waals surface area contributed by atoms with Crippen molar-refractivity contribution in [2.45, 2.75) is 33.4 Å². The van der Waals surface area contributed by atoms with Gasteiger partial charge in [0.1, 0.15) is 0 Å². The first kappa shape index (κ1) is 15.4. The fourth-order valence-corrected chi connectivity index (χ4v) is 2.38. The predicted molar refractivity (Wildman–Crippen MR) is 87.9 cm³/mol. The lowest BCUT2D eigenvalue weighted by atomic mass is 10.1. The van der Waals surface area contributed by atoms with Gasteiger partial charge >= 0.3 is 0 Å². The molecule has 1 unspecified atom stereocenters. The monoisotopic (exact) mass is 311 g/mol. The molecule has 120 valence electrons. The summed E-state index contributed by atoms with van der Waals surface area (Å²) in [5.41, 5.74) is 3.28. The number of aryl methyl sites for hydroxylation is 2. The number of rotatable bonds is 6. The van der Waals surface area contributed by atoms with Crippen molar-refractivity contribution in [2.24, 2.45) is 0 Å². The van der Waals surface area contributed by atoms with Crippen LogP contribution in [-0.4, -0.2) is 26.5 Å². The third-order valence-corrected chi connectivity index (χ3v) is 3.63. The molecule has 23 heavy (non-hydrogen) atoms. The zero-order valence-corrected chi connectivity index (χ0v) is 13.7. The average molecular weight is 311 g/mol. The minimum absolute atomic E-state index is 0.00211. The summed E-state index contributed by atoms with van der Waals surface area (Å²) in [7, 11) is 0. The molecule has 0 aliphatic heterocycles. The van der Waals surface area contributed by atoms with Gasteiger partial charge < -0.3 is 9.73 Å². The molecule has 0 aliphatic rings. The molecular weight excluding hydrogens is 290 g/mol. The molecule has 1 N–H and O–H groups in total. The van der Waals surface area contributed by atoms with E-state index < -0.39 is 0 Å². The van der Waals surface area contributed by atoms with Crippen LogP contribution >= 0.6 is 0 Å². The summed E-state index contributed by atoms with van der Waals surface area (Å²) >= 11 is 0. The van der Waals surface area contributed by atoms with E-state index in [0.717, 1.165) is 24.2 Å². The molecule has 0 aliphatic carbocycles. The summed E-state index contributed by atoms with van der Waals surface area (Å²) in [6.07, 6.45) is 3.88. The molecule has 0 radical (unpaired) electrons. The highest BCUT2D eigenvalue weighted by Gasteiger charge is 2.14. The van der Waals surface area contributed by atoms with Crippen LogP contribution in [0.4, 0.5) is 0 Å². The third-order valence-electron chi connectivity index (χ3n) is 3.63. The number of hydrogen-bond donors (Lipinski definition) is 1. The summed E-state index contributed by atoms with van der Waals surface area (Å²) in [6, 6.07) is 8.04. The van der Waals surface area contributed by atoms with Gasteiger partial charge in [0, 0.05) is 18.3 Å². The van der Waals surface area contributed by atoms with Gasteiger partial charge in [-0.25, -0.2) is 0 Å². The first-order valence-electron chi connectivity index (χ1n) is 7.75. The van der Waals surface area contributed by atoms with Gasteiger partial charge in [-0.05, 0) is 38.5 Å². The Bertz CT molecular complexity index is 777. The highest BCUT2D eigenvalue weighted by atomic mass is 16.4. The minimum atomic E-state index is -0.00211. The van der Waals surface area contributed by atoms with Crippen LogP contribution in [0.25, 0.3) is 11.5 Å². The lowest BCUT2D eigenvalue weighted by Gasteiger charge is -2.09. The van der Waals surface area contributed by atoms with Crippen molar-refractivity contribution in [1.82, 2.24) is 25.3 Å². The zero-order chi connectivity index (χ0) is 16.2. The maximum absolute atomic E-state index is 5.79. The van der Waals surface area contributed by atoms with E-state index in [4.69, 9.17) is 4.42 Å². The molecule has 2 aromatic heterocycles. The van der Waals surface area contributed by atoms with Crippen molar-refractivity contribution in [3.8, 4) is 11.5 Å². The maximum atomic E-state index is 5.79. The number of benzene rings is 1. The van der Waals surface area contributed by atoms with Crippen molar-refractivity contribution in [1.29, 1.82) is 0 Å². The molecule has 1 atom stereocenters. The van der Waals surface area contributed by atoms with Crippen LogP contribution in [0, 0.1) is 13.8 Å². The largest absolute Gasteiger partial charge is 0.419 e. The van der Waals surface area contributed by atoms with E-state index in [1.165, 1.54) is 5.56 Å². The Morgan fingerprint density at radius 3 is 2.83 bits per heavy atom. The van der Waals surface area contributed by atoms with E-state index in [0.29, 0.717) is 11.8 Å². The van der Waals surface area contributed by atoms with E-state index in [1.54, 1.807) is 0 Å². The molecule has 0 fully saturated rings. The number of nitrogens with zero attached hydrogens (tertiary/aromatic N) is 4. The van der Waals surface area contributed by atoms with Crippen LogP contribution in [0.3, 0.4) is 0 Å². The van der Waals surface area contributed by atoms with Crippen LogP contribution in [0.5, 0.6) is 0 Å². The van der Waals surface area contributed by atoms with Crippen molar-refractivity contribution in [2.75, 3.05) is 6.54 Å². The van der Waals surface area contributed by atoms with E-state index in [9.17, 15) is 0 Å². The molecule has 1 aromatic carbocycles. The van der Waals surface area contributed by atoms with E-state index in [1.807, 2.05) is 62.1 Å². The van der Waals surface area contributed by atoms with Gasteiger partial charge in [-0.1, -0.05) is 17.7 Å². The van der Waals surface area contributed by atoms with E-state index in [-0.39, 0.29) is 6.04 Å². The fourth-order valence-electron chi connectivity index (χ4n) is 2.38. The molecular formula is C17H21N5O. The van der Waals surface area contributed by atoms with Crippen LogP contribution in [0.1, 0.15) is 30.0 Å². The summed E-state index contributed by atoms with van der Waals surface area (Å²) in [6.45, 7) is 7.68. The van der Waals surface area contributed by atoms with Crippen molar-refractivity contribution >= 4 is 0 Å². The molecule has 3 aromatic rings. The molecule has 0 spiro atoms. The molecule has 0 saturated carbocycles. The zero-order valence-electron chi connectivity index (χ0n) is 13.7. The molecule has 6 heteroatoms. The van der Waals surface area contributed by atoms with Crippen molar-refractivity contribution < 1.29 is 4.42 Å². The Morgan fingerprint density at radius 2 is 2.09 bits per heavy atom. The quantitative estimate of drug-likeness (QED) is 0.758. The predicted octanol–water partition coefficient (Wildman–Crippen LogP) is 2.90. The fraction of sp³-hybridized carbons (Fsp3) is 0.353. The van der Waals surface area contributed by atoms with Gasteiger partial charge in [0.25, 0.3) is 0 Å². The summed E-state index contributed by atoms with van der Waals surface area (Å²) in [4.78, 5) is 0. The molecule has 6 nitrogen and oxygen atoms in total. The van der Waals surface area contributed by atoms with E-state index >= 15 is 0 Å². The van der Waals surface area contributed by atoms with Crippen molar-refractivity contribution in [3.05, 3.63) is 53.7 Å². The standard InChI is InChI=1S/C17H21N5O/c1-12-5-4-6-15(9-12)17-21-20-16(23-17)14(3)18-7-8-22-11-13(2)10-19-22/h4-6,9-11,14,18H,7-8H2,1-3H3. The first-order chi connectivity index (χ1) is 11.1. The Morgan fingerprint density at radius 1 is 1.22 bits per heavy atom. The van der Waals surface area contributed by atoms with Crippen molar-refractivity contribution in [3.63, 3.8) is 0 Å². The third kappa shape index (κ3) is 3.84. The van der Waals surface area contributed by atoms with Gasteiger partial charge in [0.15, 0.2) is 0 Å². The second kappa shape index (κ2) is 6.75. The van der Waals surface area contributed by atoms with Gasteiger partial charge in [0.2, 0.25) is 11.8 Å². The van der Waals surface area contributed by atoms with Gasteiger partial charge in [-0.3, -0.25) is 4.68 Å². The highest BCUT2D eigenvalue weighted by molar-refractivity contribution is 5.53. The normalized spacial score (nSPS) is 12.5. The van der Waals surface area contributed by atoms with Gasteiger partial charge in [-0.15, -0.1) is 10.2 Å². The lowest BCUT2D eigenvalue weighted by Crippen LogP contribution is -2.23. The molecule has 0 bridgehead atoms. The maximum Gasteiger partial charge on any atom is 0.247 e. The first-order valence-corrected chi connectivity index (χ1v) is 7.75. The Kier molecular flexibility index (Phi) is 4.52. The molecule has 2 heterocycles. The molecule has 0 amide bonds. The topological polar surface area (TPSA) is 68.8 Å². The summed E-state index contributed by atoms with van der Waals surface area (Å²) < 4.78 is 7.70. The van der Waals surface area contributed by atoms with Crippen LogP contribution in [-0.2, 0) is 6.54 Å².